The van der Waals surface area contributed by atoms with Gasteiger partial charge in [0.15, 0.2) is 0 Å². The van der Waals surface area contributed by atoms with Crippen molar-refractivity contribution in [1.82, 2.24) is 25.4 Å². The Morgan fingerprint density at radius 3 is 2.28 bits per heavy atom. The number of carbonyl (C=O) groups excluding carboxylic acids is 3. The third-order valence-corrected chi connectivity index (χ3v) is 9.75. The minimum atomic E-state index is -1.14. The van der Waals surface area contributed by atoms with E-state index >= 15 is 0 Å². The molecule has 1 heterocycles. The molecule has 1 saturated carbocycles. The van der Waals surface area contributed by atoms with Crippen molar-refractivity contribution < 1.29 is 24.6 Å². The van der Waals surface area contributed by atoms with Gasteiger partial charge in [-0.25, -0.2) is 4.98 Å². The number of nitrogens with zero attached hydrogens (tertiary/aromatic N) is 3. The third kappa shape index (κ3) is 13.6. The first kappa shape index (κ1) is 38.6. The molecule has 0 saturated heterocycles. The lowest BCUT2D eigenvalue weighted by Crippen LogP contribution is -2.56. The van der Waals surface area contributed by atoms with Gasteiger partial charge in [0, 0.05) is 38.4 Å². The van der Waals surface area contributed by atoms with E-state index in [1.54, 1.807) is 17.5 Å². The predicted molar refractivity (Wildman–Crippen MR) is 187 cm³/mol. The molecule has 5 atom stereocenters. The number of nitrogens with one attached hydrogen (secondary N) is 2. The summed E-state index contributed by atoms with van der Waals surface area (Å²) in [5, 5.41) is 30.0. The molecule has 1 aliphatic carbocycles. The van der Waals surface area contributed by atoms with E-state index in [2.05, 4.69) is 15.6 Å². The lowest BCUT2D eigenvalue weighted by atomic mass is 9.82. The summed E-state index contributed by atoms with van der Waals surface area (Å²) in [4.78, 5) is 49.3. The van der Waals surface area contributed by atoms with Crippen molar-refractivity contribution in [2.45, 2.75) is 102 Å². The van der Waals surface area contributed by atoms with E-state index < -0.39 is 36.1 Å². The average molecular weight is 672 g/mol. The molecule has 0 unspecified atom stereocenters. The SMILES string of the molecule is CC(C)C[C@H](O)[C@H](O)[C@H](CC1CCCCC1)NC(=O)[C@H](Cc1cscn1)NC(=O)[C@@H](CC(=O)N(C)CCN(C)C)Cc1ccccc1. The van der Waals surface area contributed by atoms with Crippen LogP contribution in [0.5, 0.6) is 0 Å². The second kappa shape index (κ2) is 19.8. The number of amides is 3. The van der Waals surface area contributed by atoms with Gasteiger partial charge in [0.2, 0.25) is 17.7 Å². The van der Waals surface area contributed by atoms with Crippen LogP contribution in [0.1, 0.15) is 76.5 Å². The second-order valence-electron chi connectivity index (χ2n) is 14.0. The normalized spacial score (nSPS) is 17.1. The molecule has 4 N–H and O–H groups in total. The molecule has 1 aliphatic rings. The molecule has 3 amide bonds. The molecule has 3 rings (SSSR count). The van der Waals surface area contributed by atoms with Crippen LogP contribution in [-0.4, -0.2) is 101 Å². The van der Waals surface area contributed by atoms with Gasteiger partial charge in [-0.05, 0) is 50.8 Å². The Bertz CT molecular complexity index is 1210. The van der Waals surface area contributed by atoms with Crippen molar-refractivity contribution in [3.05, 3.63) is 52.5 Å². The molecule has 1 fully saturated rings. The monoisotopic (exact) mass is 671 g/mol. The molecule has 1 aromatic carbocycles. The Balaban J connectivity index is 1.83. The Labute approximate surface area is 285 Å². The minimum Gasteiger partial charge on any atom is -0.390 e. The van der Waals surface area contributed by atoms with Crippen LogP contribution in [0.15, 0.2) is 41.2 Å². The molecule has 10 nitrogen and oxygen atoms in total. The number of likely N-dealkylation sites (N-methyl/N-ethyl adjacent to an activating group) is 2. The molecule has 262 valence electrons. The molecule has 0 bridgehead atoms. The summed E-state index contributed by atoms with van der Waals surface area (Å²) in [5.41, 5.74) is 3.27. The van der Waals surface area contributed by atoms with Crippen LogP contribution in [-0.2, 0) is 27.2 Å². The molecule has 0 radical (unpaired) electrons. The van der Waals surface area contributed by atoms with Crippen molar-refractivity contribution >= 4 is 29.1 Å². The summed E-state index contributed by atoms with van der Waals surface area (Å²) in [6.45, 7) is 5.21. The van der Waals surface area contributed by atoms with Gasteiger partial charge in [-0.2, -0.15) is 0 Å². The first-order valence-corrected chi connectivity index (χ1v) is 18.1. The van der Waals surface area contributed by atoms with Crippen LogP contribution < -0.4 is 10.6 Å². The first-order chi connectivity index (χ1) is 22.4. The number of aliphatic hydroxyl groups is 2. The summed E-state index contributed by atoms with van der Waals surface area (Å²) in [7, 11) is 5.63. The fourth-order valence-electron chi connectivity index (χ4n) is 6.28. The highest BCUT2D eigenvalue weighted by Gasteiger charge is 2.34. The lowest BCUT2D eigenvalue weighted by molar-refractivity contribution is -0.137. The van der Waals surface area contributed by atoms with E-state index in [4.69, 9.17) is 0 Å². The summed E-state index contributed by atoms with van der Waals surface area (Å²) < 4.78 is 0. The number of benzene rings is 1. The van der Waals surface area contributed by atoms with Crippen LogP contribution in [0, 0.1) is 17.8 Å². The molecular formula is C36H57N5O5S. The highest BCUT2D eigenvalue weighted by Crippen LogP contribution is 2.29. The van der Waals surface area contributed by atoms with Crippen molar-refractivity contribution in [2.24, 2.45) is 17.8 Å². The van der Waals surface area contributed by atoms with Gasteiger partial charge in [-0.15, -0.1) is 11.3 Å². The van der Waals surface area contributed by atoms with E-state index in [9.17, 15) is 24.6 Å². The lowest BCUT2D eigenvalue weighted by Gasteiger charge is -2.34. The van der Waals surface area contributed by atoms with E-state index in [1.807, 2.05) is 68.6 Å². The van der Waals surface area contributed by atoms with Crippen LogP contribution in [0.2, 0.25) is 0 Å². The molecule has 2 aromatic rings. The van der Waals surface area contributed by atoms with Gasteiger partial charge in [0.1, 0.15) is 12.1 Å². The highest BCUT2D eigenvalue weighted by molar-refractivity contribution is 7.07. The van der Waals surface area contributed by atoms with E-state index in [1.165, 1.54) is 17.8 Å². The number of carbonyl (C=O) groups is 3. The van der Waals surface area contributed by atoms with Gasteiger partial charge in [0.25, 0.3) is 0 Å². The van der Waals surface area contributed by atoms with Crippen molar-refractivity contribution in [3.8, 4) is 0 Å². The number of hydrogen-bond donors (Lipinski definition) is 4. The zero-order chi connectivity index (χ0) is 34.3. The maximum absolute atomic E-state index is 14.0. The van der Waals surface area contributed by atoms with Crippen LogP contribution in [0.3, 0.4) is 0 Å². The Kier molecular flexibility index (Phi) is 16.3. The summed E-state index contributed by atoms with van der Waals surface area (Å²) in [6.07, 6.45) is 4.82. The molecule has 1 aromatic heterocycles. The zero-order valence-corrected chi connectivity index (χ0v) is 29.8. The number of thiazole rings is 1. The fraction of sp³-hybridized carbons (Fsp3) is 0.667. The Morgan fingerprint density at radius 1 is 0.957 bits per heavy atom. The van der Waals surface area contributed by atoms with Gasteiger partial charge >= 0.3 is 0 Å². The van der Waals surface area contributed by atoms with Crippen LogP contribution in [0.4, 0.5) is 0 Å². The molecule has 11 heteroatoms. The molecule has 0 spiro atoms. The van der Waals surface area contributed by atoms with Gasteiger partial charge in [-0.1, -0.05) is 76.3 Å². The molecule has 47 heavy (non-hydrogen) atoms. The van der Waals surface area contributed by atoms with Crippen LogP contribution in [0.25, 0.3) is 0 Å². The first-order valence-electron chi connectivity index (χ1n) is 17.2. The predicted octanol–water partition coefficient (Wildman–Crippen LogP) is 3.66. The summed E-state index contributed by atoms with van der Waals surface area (Å²) in [6, 6.07) is 7.93. The zero-order valence-electron chi connectivity index (χ0n) is 28.9. The number of rotatable bonds is 19. The number of aliphatic hydroxyl groups excluding tert-OH is 2. The Hall–Kier alpha value is -2.86. The average Bonchev–Trinajstić information content (AvgIpc) is 3.56. The molecular weight excluding hydrogens is 614 g/mol. The topological polar surface area (TPSA) is 135 Å². The summed E-state index contributed by atoms with van der Waals surface area (Å²) >= 11 is 1.41. The molecule has 0 aliphatic heterocycles. The van der Waals surface area contributed by atoms with Gasteiger partial charge in [-0.3, -0.25) is 14.4 Å². The van der Waals surface area contributed by atoms with Gasteiger partial charge < -0.3 is 30.6 Å². The Morgan fingerprint density at radius 2 is 1.66 bits per heavy atom. The summed E-state index contributed by atoms with van der Waals surface area (Å²) in [5.74, 6) is -1.15. The standard InChI is InChI=1S/C36H57N5O5S/c1-25(2)18-32(42)34(44)30(20-27-14-10-7-11-15-27)38-36(46)31(22-29-23-47-24-37-29)39-35(45)28(19-26-12-8-6-9-13-26)21-33(43)41(5)17-16-40(3)4/h6,8-9,12-13,23-25,27-28,30-32,34,42,44H,7,10-11,14-22H2,1-5H3,(H,38,46)(H,39,45)/t28-,30+,31+,32+,34-/m1/s1. The fourth-order valence-corrected chi connectivity index (χ4v) is 6.85. The third-order valence-electron chi connectivity index (χ3n) is 9.11. The van der Waals surface area contributed by atoms with Crippen LogP contribution >= 0.6 is 11.3 Å². The number of hydrogen-bond acceptors (Lipinski definition) is 8. The van der Waals surface area contributed by atoms with E-state index in [0.29, 0.717) is 44.0 Å². The second-order valence-corrected chi connectivity index (χ2v) is 14.7. The maximum Gasteiger partial charge on any atom is 0.243 e. The van der Waals surface area contributed by atoms with E-state index in [-0.39, 0.29) is 30.6 Å². The van der Waals surface area contributed by atoms with Crippen molar-refractivity contribution in [1.29, 1.82) is 0 Å². The van der Waals surface area contributed by atoms with Crippen molar-refractivity contribution in [2.75, 3.05) is 34.2 Å². The maximum atomic E-state index is 14.0. The minimum absolute atomic E-state index is 0.000109. The van der Waals surface area contributed by atoms with E-state index in [0.717, 1.165) is 31.2 Å². The van der Waals surface area contributed by atoms with Crippen molar-refractivity contribution in [3.63, 3.8) is 0 Å². The highest BCUT2D eigenvalue weighted by atomic mass is 32.1. The van der Waals surface area contributed by atoms with Gasteiger partial charge in [0.05, 0.1) is 29.3 Å². The quantitative estimate of drug-likeness (QED) is 0.179. The smallest absolute Gasteiger partial charge is 0.243 e. The number of aromatic nitrogens is 1. The largest absolute Gasteiger partial charge is 0.390 e.